The molecule has 0 bridgehead atoms. The first-order valence-electron chi connectivity index (χ1n) is 5.73. The molecule has 0 aliphatic heterocycles. The quantitative estimate of drug-likeness (QED) is 0.561. The number of allylic oxidation sites excluding steroid dienone is 1. The number of rotatable bonds is 4. The summed E-state index contributed by atoms with van der Waals surface area (Å²) in [5.41, 5.74) is -0.575. The van der Waals surface area contributed by atoms with Gasteiger partial charge in [-0.1, -0.05) is 13.8 Å². The van der Waals surface area contributed by atoms with Crippen LogP contribution in [0.3, 0.4) is 0 Å². The molecule has 1 atom stereocenters. The van der Waals surface area contributed by atoms with Gasteiger partial charge in [-0.3, -0.25) is 4.79 Å². The fraction of sp³-hybridized carbons (Fsp3) is 0.692. The lowest BCUT2D eigenvalue weighted by atomic mass is 10.1. The number of carbonyl (C=O) groups is 2. The number of ketones is 1. The first-order chi connectivity index (χ1) is 7.61. The van der Waals surface area contributed by atoms with Crippen molar-refractivity contribution >= 4 is 11.9 Å². The molecule has 0 spiro atoms. The number of carbonyl (C=O) groups excluding carboxylic acids is 2. The van der Waals surface area contributed by atoms with Gasteiger partial charge in [-0.15, -0.1) is 0 Å². The van der Waals surface area contributed by atoms with Gasteiger partial charge in [0.15, 0.2) is 5.78 Å². The normalized spacial score (nSPS) is 13.8. The molecule has 4 heteroatoms. The Labute approximate surface area is 103 Å². The van der Waals surface area contributed by atoms with Crippen molar-refractivity contribution < 1.29 is 19.1 Å². The largest absolute Gasteiger partial charge is 0.509 e. The smallest absolute Gasteiger partial charge is 0.429 e. The van der Waals surface area contributed by atoms with E-state index in [4.69, 9.17) is 9.47 Å². The van der Waals surface area contributed by atoms with Gasteiger partial charge in [0.05, 0.1) is 0 Å². The van der Waals surface area contributed by atoms with Crippen molar-refractivity contribution in [2.45, 2.75) is 53.2 Å². The van der Waals surface area contributed by atoms with E-state index in [0.717, 1.165) is 0 Å². The van der Waals surface area contributed by atoms with Crippen LogP contribution in [0.1, 0.15) is 41.5 Å². The second-order valence-electron chi connectivity index (χ2n) is 5.20. The van der Waals surface area contributed by atoms with E-state index in [-0.39, 0.29) is 11.7 Å². The first-order valence-corrected chi connectivity index (χ1v) is 5.73. The molecule has 98 valence electrons. The third kappa shape index (κ3) is 8.48. The summed E-state index contributed by atoms with van der Waals surface area (Å²) in [4.78, 5) is 22.6. The molecule has 17 heavy (non-hydrogen) atoms. The molecular formula is C13H22O4. The first kappa shape index (κ1) is 15.7. The van der Waals surface area contributed by atoms with E-state index in [1.54, 1.807) is 33.8 Å². The average molecular weight is 242 g/mol. The molecule has 0 aliphatic carbocycles. The van der Waals surface area contributed by atoms with Crippen LogP contribution in [0.2, 0.25) is 0 Å². The van der Waals surface area contributed by atoms with Gasteiger partial charge in [-0.25, -0.2) is 4.79 Å². The second-order valence-corrected chi connectivity index (χ2v) is 5.20. The fourth-order valence-electron chi connectivity index (χ4n) is 0.888. The summed E-state index contributed by atoms with van der Waals surface area (Å²) in [6, 6.07) is 0. The Hall–Kier alpha value is -1.32. The van der Waals surface area contributed by atoms with Gasteiger partial charge in [-0.05, 0) is 39.8 Å². The van der Waals surface area contributed by atoms with Crippen molar-refractivity contribution in [3.05, 3.63) is 12.2 Å². The van der Waals surface area contributed by atoms with Crippen molar-refractivity contribution in [3.8, 4) is 0 Å². The van der Waals surface area contributed by atoms with Crippen LogP contribution in [-0.4, -0.2) is 23.6 Å². The number of hydrogen-bond acceptors (Lipinski definition) is 4. The zero-order valence-corrected chi connectivity index (χ0v) is 11.4. The molecule has 0 fully saturated rings. The molecule has 0 saturated heterocycles. The molecule has 0 N–H and O–H groups in total. The van der Waals surface area contributed by atoms with Crippen LogP contribution in [0.5, 0.6) is 0 Å². The van der Waals surface area contributed by atoms with E-state index in [9.17, 15) is 9.59 Å². The van der Waals surface area contributed by atoms with E-state index < -0.39 is 17.9 Å². The highest BCUT2D eigenvalue weighted by Gasteiger charge is 2.18. The van der Waals surface area contributed by atoms with Crippen LogP contribution in [0, 0.1) is 5.92 Å². The number of hydrogen-bond donors (Lipinski definition) is 0. The highest BCUT2D eigenvalue weighted by molar-refractivity contribution is 5.91. The summed E-state index contributed by atoms with van der Waals surface area (Å²) in [6.45, 7) is 10.6. The van der Waals surface area contributed by atoms with Crippen molar-refractivity contribution in [1.29, 1.82) is 0 Å². The molecule has 0 unspecified atom stereocenters. The van der Waals surface area contributed by atoms with Crippen LogP contribution in [0.25, 0.3) is 0 Å². The minimum absolute atomic E-state index is 0.00430. The Balaban J connectivity index is 4.15. The third-order valence-corrected chi connectivity index (χ3v) is 1.77. The van der Waals surface area contributed by atoms with Crippen LogP contribution >= 0.6 is 0 Å². The van der Waals surface area contributed by atoms with Gasteiger partial charge in [0.25, 0.3) is 0 Å². The summed E-state index contributed by atoms with van der Waals surface area (Å²) in [5, 5.41) is 0. The maximum Gasteiger partial charge on any atom is 0.509 e. The molecule has 0 heterocycles. The van der Waals surface area contributed by atoms with Gasteiger partial charge >= 0.3 is 6.16 Å². The Morgan fingerprint density at radius 2 is 1.65 bits per heavy atom. The summed E-state index contributed by atoms with van der Waals surface area (Å²) in [6.07, 6.45) is 1.77. The summed E-state index contributed by atoms with van der Waals surface area (Å²) >= 11 is 0. The van der Waals surface area contributed by atoms with Gasteiger partial charge in [0.2, 0.25) is 0 Å². The molecular weight excluding hydrogens is 220 g/mol. The minimum Gasteiger partial charge on any atom is -0.429 e. The van der Waals surface area contributed by atoms with Crippen molar-refractivity contribution in [2.75, 3.05) is 0 Å². The summed E-state index contributed by atoms with van der Waals surface area (Å²) in [7, 11) is 0. The Morgan fingerprint density at radius 1 is 1.12 bits per heavy atom. The highest BCUT2D eigenvalue weighted by atomic mass is 16.7. The molecule has 0 aliphatic rings. The topological polar surface area (TPSA) is 52.6 Å². The van der Waals surface area contributed by atoms with E-state index in [0.29, 0.717) is 0 Å². The maximum absolute atomic E-state index is 11.3. The van der Waals surface area contributed by atoms with E-state index >= 15 is 0 Å². The Bertz CT molecular complexity index is 297. The van der Waals surface area contributed by atoms with Gasteiger partial charge in [0, 0.05) is 5.92 Å². The standard InChI is InChI=1S/C13H22O4/c1-9(2)11(14)8-7-10(3)16-12(15)17-13(4,5)6/h7-10H,1-6H3/b8-7-/t10-/m0/s1. The number of ether oxygens (including phenoxy) is 2. The van der Waals surface area contributed by atoms with Crippen LogP contribution in [0.4, 0.5) is 4.79 Å². The van der Waals surface area contributed by atoms with E-state index in [2.05, 4.69) is 0 Å². The highest BCUT2D eigenvalue weighted by Crippen LogP contribution is 2.09. The summed E-state index contributed by atoms with van der Waals surface area (Å²) in [5.74, 6) is -0.0513. The molecule has 0 radical (unpaired) electrons. The predicted octanol–water partition coefficient (Wildman–Crippen LogP) is 3.11. The van der Waals surface area contributed by atoms with Crippen LogP contribution in [-0.2, 0) is 14.3 Å². The van der Waals surface area contributed by atoms with Crippen molar-refractivity contribution in [2.24, 2.45) is 5.92 Å². The lowest BCUT2D eigenvalue weighted by Crippen LogP contribution is -2.26. The fourth-order valence-corrected chi connectivity index (χ4v) is 0.888. The lowest BCUT2D eigenvalue weighted by molar-refractivity contribution is -0.117. The molecule has 0 aromatic carbocycles. The Morgan fingerprint density at radius 3 is 2.06 bits per heavy atom. The zero-order valence-electron chi connectivity index (χ0n) is 11.4. The average Bonchev–Trinajstić information content (AvgIpc) is 2.10. The predicted molar refractivity (Wildman–Crippen MR) is 65.8 cm³/mol. The SMILES string of the molecule is CC(C)C(=O)/C=C\[C@H](C)OC(=O)OC(C)(C)C. The molecule has 4 nitrogen and oxygen atoms in total. The molecule has 0 amide bonds. The molecule has 0 aromatic heterocycles. The van der Waals surface area contributed by atoms with Gasteiger partial charge in [-0.2, -0.15) is 0 Å². The van der Waals surface area contributed by atoms with Gasteiger partial charge in [0.1, 0.15) is 11.7 Å². The van der Waals surface area contributed by atoms with Crippen LogP contribution in [0.15, 0.2) is 12.2 Å². The van der Waals surface area contributed by atoms with Crippen molar-refractivity contribution in [1.82, 2.24) is 0 Å². The minimum atomic E-state index is -0.730. The summed E-state index contributed by atoms with van der Waals surface area (Å²) < 4.78 is 9.94. The monoisotopic (exact) mass is 242 g/mol. The molecule has 0 saturated carbocycles. The third-order valence-electron chi connectivity index (χ3n) is 1.77. The van der Waals surface area contributed by atoms with Crippen LogP contribution < -0.4 is 0 Å². The molecule has 0 aromatic rings. The molecule has 0 rings (SSSR count). The zero-order chi connectivity index (χ0) is 13.6. The van der Waals surface area contributed by atoms with E-state index in [1.807, 2.05) is 13.8 Å². The van der Waals surface area contributed by atoms with Crippen molar-refractivity contribution in [3.63, 3.8) is 0 Å². The van der Waals surface area contributed by atoms with Gasteiger partial charge < -0.3 is 9.47 Å². The second kappa shape index (κ2) is 6.42. The Kier molecular flexibility index (Phi) is 5.93. The van der Waals surface area contributed by atoms with E-state index in [1.165, 1.54) is 6.08 Å². The maximum atomic E-state index is 11.3. The lowest BCUT2D eigenvalue weighted by Gasteiger charge is -2.20.